The minimum atomic E-state index is -0.284. The summed E-state index contributed by atoms with van der Waals surface area (Å²) in [6, 6.07) is 5.29. The van der Waals surface area contributed by atoms with Crippen molar-refractivity contribution < 1.29 is 4.39 Å². The van der Waals surface area contributed by atoms with Crippen molar-refractivity contribution in [3.8, 4) is 0 Å². The number of rotatable bonds is 7. The molecule has 1 N–H and O–H groups in total. The van der Waals surface area contributed by atoms with Crippen LogP contribution >= 0.6 is 11.6 Å². The van der Waals surface area contributed by atoms with E-state index in [1.807, 2.05) is 19.1 Å². The lowest BCUT2D eigenvalue weighted by atomic mass is 9.92. The van der Waals surface area contributed by atoms with Crippen LogP contribution in [0.3, 0.4) is 0 Å². The summed E-state index contributed by atoms with van der Waals surface area (Å²) < 4.78 is 14.0. The second-order valence-corrected chi connectivity index (χ2v) is 5.29. The van der Waals surface area contributed by atoms with Crippen LogP contribution in [0, 0.1) is 11.7 Å². The molecule has 102 valence electrons. The Labute approximate surface area is 115 Å². The minimum Gasteiger partial charge on any atom is -0.310 e. The van der Waals surface area contributed by atoms with Crippen molar-refractivity contribution in [2.45, 2.75) is 46.1 Å². The van der Waals surface area contributed by atoms with E-state index in [0.29, 0.717) is 11.5 Å². The maximum absolute atomic E-state index is 14.0. The predicted octanol–water partition coefficient (Wildman–Crippen LogP) is 4.96. The Bertz CT molecular complexity index is 368. The minimum absolute atomic E-state index is 0.0512. The van der Waals surface area contributed by atoms with Crippen molar-refractivity contribution in [3.63, 3.8) is 0 Å². The van der Waals surface area contributed by atoms with Gasteiger partial charge in [-0.25, -0.2) is 4.39 Å². The van der Waals surface area contributed by atoms with Gasteiger partial charge in [-0.15, -0.1) is 0 Å². The Morgan fingerprint density at radius 1 is 1.33 bits per heavy atom. The van der Waals surface area contributed by atoms with E-state index in [1.54, 1.807) is 6.07 Å². The maximum Gasteiger partial charge on any atom is 0.146 e. The molecular weight excluding hydrogens is 249 g/mol. The normalized spacial score (nSPS) is 14.5. The molecule has 0 saturated heterocycles. The monoisotopic (exact) mass is 271 g/mol. The Kier molecular flexibility index (Phi) is 6.66. The molecule has 0 fully saturated rings. The molecule has 0 aliphatic carbocycles. The maximum atomic E-state index is 14.0. The molecule has 2 atom stereocenters. The van der Waals surface area contributed by atoms with E-state index in [4.69, 9.17) is 11.6 Å². The fourth-order valence-corrected chi connectivity index (χ4v) is 2.55. The van der Waals surface area contributed by atoms with Crippen LogP contribution in [0.2, 0.25) is 5.02 Å². The molecule has 0 aliphatic heterocycles. The summed E-state index contributed by atoms with van der Waals surface area (Å²) in [5.74, 6) is 0.297. The Morgan fingerprint density at radius 3 is 2.67 bits per heavy atom. The van der Waals surface area contributed by atoms with E-state index in [9.17, 15) is 4.39 Å². The molecule has 1 aromatic carbocycles. The third-order valence-electron chi connectivity index (χ3n) is 3.23. The van der Waals surface area contributed by atoms with E-state index < -0.39 is 0 Å². The number of halogens is 2. The third-order valence-corrected chi connectivity index (χ3v) is 3.52. The van der Waals surface area contributed by atoms with Crippen molar-refractivity contribution in [1.29, 1.82) is 0 Å². The molecule has 1 aromatic rings. The average molecular weight is 272 g/mol. The van der Waals surface area contributed by atoms with Crippen LogP contribution in [-0.2, 0) is 0 Å². The lowest BCUT2D eigenvalue weighted by Crippen LogP contribution is -2.24. The molecule has 1 nitrogen and oxygen atoms in total. The van der Waals surface area contributed by atoms with Gasteiger partial charge in [-0.2, -0.15) is 0 Å². The molecule has 0 heterocycles. The van der Waals surface area contributed by atoms with Gasteiger partial charge in [-0.3, -0.25) is 0 Å². The van der Waals surface area contributed by atoms with Gasteiger partial charge in [0.05, 0.1) is 5.02 Å². The van der Waals surface area contributed by atoms with Gasteiger partial charge < -0.3 is 5.32 Å². The van der Waals surface area contributed by atoms with Crippen LogP contribution in [-0.4, -0.2) is 6.54 Å². The molecule has 0 radical (unpaired) electrons. The molecule has 1 rings (SSSR count). The van der Waals surface area contributed by atoms with Gasteiger partial charge in [0.1, 0.15) is 5.82 Å². The van der Waals surface area contributed by atoms with Gasteiger partial charge in [0.15, 0.2) is 0 Å². The first-order valence-electron chi connectivity index (χ1n) is 6.77. The van der Waals surface area contributed by atoms with Gasteiger partial charge in [0.2, 0.25) is 0 Å². The first kappa shape index (κ1) is 15.5. The van der Waals surface area contributed by atoms with Crippen LogP contribution in [0.5, 0.6) is 0 Å². The van der Waals surface area contributed by atoms with Crippen LogP contribution < -0.4 is 5.32 Å². The SMILES string of the molecule is CCCC(C)CC(NCC)c1cccc(Cl)c1F. The molecule has 2 unspecified atom stereocenters. The highest BCUT2D eigenvalue weighted by Gasteiger charge is 2.18. The van der Waals surface area contributed by atoms with Gasteiger partial charge in [0, 0.05) is 11.6 Å². The molecule has 0 aliphatic rings. The number of nitrogens with one attached hydrogen (secondary N) is 1. The number of hydrogen-bond donors (Lipinski definition) is 1. The Balaban J connectivity index is 2.86. The molecule has 18 heavy (non-hydrogen) atoms. The predicted molar refractivity (Wildman–Crippen MR) is 76.5 cm³/mol. The van der Waals surface area contributed by atoms with Crippen molar-refractivity contribution in [1.82, 2.24) is 5.32 Å². The van der Waals surface area contributed by atoms with Crippen molar-refractivity contribution in [2.75, 3.05) is 6.54 Å². The van der Waals surface area contributed by atoms with E-state index >= 15 is 0 Å². The van der Waals surface area contributed by atoms with Gasteiger partial charge in [-0.05, 0) is 24.9 Å². The Morgan fingerprint density at radius 2 is 2.06 bits per heavy atom. The van der Waals surface area contributed by atoms with Crippen LogP contribution in [0.25, 0.3) is 0 Å². The third kappa shape index (κ3) is 4.25. The first-order valence-corrected chi connectivity index (χ1v) is 7.15. The standard InChI is InChI=1S/C15H23ClFN/c1-4-7-11(3)10-14(18-5-2)12-8-6-9-13(16)15(12)17/h6,8-9,11,14,18H,4-5,7,10H2,1-3H3. The summed E-state index contributed by atoms with van der Waals surface area (Å²) in [7, 11) is 0. The zero-order valence-corrected chi connectivity index (χ0v) is 12.2. The Hall–Kier alpha value is -0.600. The van der Waals surface area contributed by atoms with E-state index in [2.05, 4.69) is 19.2 Å². The second kappa shape index (κ2) is 7.75. The highest BCUT2D eigenvalue weighted by atomic mass is 35.5. The second-order valence-electron chi connectivity index (χ2n) is 4.88. The van der Waals surface area contributed by atoms with Crippen LogP contribution in [0.15, 0.2) is 18.2 Å². The number of hydrogen-bond acceptors (Lipinski definition) is 1. The van der Waals surface area contributed by atoms with Crippen LogP contribution in [0.1, 0.15) is 51.6 Å². The average Bonchev–Trinajstić information content (AvgIpc) is 2.32. The lowest BCUT2D eigenvalue weighted by molar-refractivity contribution is 0.386. The molecular formula is C15H23ClFN. The molecule has 3 heteroatoms. The summed E-state index contributed by atoms with van der Waals surface area (Å²) in [4.78, 5) is 0. The smallest absolute Gasteiger partial charge is 0.146 e. The summed E-state index contributed by atoms with van der Waals surface area (Å²) in [6.07, 6.45) is 3.28. The quantitative estimate of drug-likeness (QED) is 0.739. The molecule has 0 saturated carbocycles. The van der Waals surface area contributed by atoms with E-state index in [1.165, 1.54) is 6.42 Å². The molecule has 0 bridgehead atoms. The summed E-state index contributed by atoms with van der Waals surface area (Å²) in [5.41, 5.74) is 0.687. The molecule has 0 spiro atoms. The van der Waals surface area contributed by atoms with Crippen molar-refractivity contribution in [3.05, 3.63) is 34.6 Å². The number of benzene rings is 1. The van der Waals surface area contributed by atoms with Gasteiger partial charge in [0.25, 0.3) is 0 Å². The van der Waals surface area contributed by atoms with Crippen LogP contribution in [0.4, 0.5) is 4.39 Å². The highest BCUT2D eigenvalue weighted by molar-refractivity contribution is 6.30. The molecule has 0 aromatic heterocycles. The van der Waals surface area contributed by atoms with Crippen molar-refractivity contribution in [2.24, 2.45) is 5.92 Å². The summed E-state index contributed by atoms with van der Waals surface area (Å²) in [5, 5.41) is 3.56. The molecule has 0 amide bonds. The fraction of sp³-hybridized carbons (Fsp3) is 0.600. The van der Waals surface area contributed by atoms with Gasteiger partial charge in [-0.1, -0.05) is 57.3 Å². The zero-order valence-electron chi connectivity index (χ0n) is 11.5. The largest absolute Gasteiger partial charge is 0.310 e. The van der Waals surface area contributed by atoms with Gasteiger partial charge >= 0.3 is 0 Å². The fourth-order valence-electron chi connectivity index (χ4n) is 2.37. The summed E-state index contributed by atoms with van der Waals surface area (Å²) >= 11 is 5.85. The van der Waals surface area contributed by atoms with E-state index in [-0.39, 0.29) is 16.9 Å². The topological polar surface area (TPSA) is 12.0 Å². The van der Waals surface area contributed by atoms with E-state index in [0.717, 1.165) is 19.4 Å². The summed E-state index contributed by atoms with van der Waals surface area (Å²) in [6.45, 7) is 7.27. The lowest BCUT2D eigenvalue weighted by Gasteiger charge is -2.22. The highest BCUT2D eigenvalue weighted by Crippen LogP contribution is 2.28. The first-order chi connectivity index (χ1) is 8.60. The zero-order chi connectivity index (χ0) is 13.5. The van der Waals surface area contributed by atoms with Crippen molar-refractivity contribution >= 4 is 11.6 Å².